The summed E-state index contributed by atoms with van der Waals surface area (Å²) in [5.74, 6) is -1.83. The molecule has 0 aromatic heterocycles. The molecule has 174 valence electrons. The number of urea groups is 1. The standard InChI is InChI=1S/C19H16F6N2O5/c1-31-15-4-10(8-28)2-3-14(15)26-17(30)27-16(29)9-32-13-6-11(18(20,21)22)5-12(7-13)19(23,24)25/h2-7,28H,8-9H2,1H3,(H2,26,27,29,30). The van der Waals surface area contributed by atoms with Crippen molar-refractivity contribution in [3.05, 3.63) is 53.1 Å². The summed E-state index contributed by atoms with van der Waals surface area (Å²) in [4.78, 5) is 23.8. The van der Waals surface area contributed by atoms with Crippen molar-refractivity contribution in [3.8, 4) is 11.5 Å². The Morgan fingerprint density at radius 3 is 2.06 bits per heavy atom. The van der Waals surface area contributed by atoms with Crippen molar-refractivity contribution in [2.45, 2.75) is 19.0 Å². The Labute approximate surface area is 176 Å². The van der Waals surface area contributed by atoms with E-state index in [-0.39, 0.29) is 24.1 Å². The third kappa shape index (κ3) is 6.77. The minimum Gasteiger partial charge on any atom is -0.495 e. The molecule has 2 aromatic carbocycles. The van der Waals surface area contributed by atoms with Gasteiger partial charge in [0.25, 0.3) is 5.91 Å². The number of rotatable bonds is 6. The topological polar surface area (TPSA) is 96.9 Å². The number of ether oxygens (including phenoxy) is 2. The van der Waals surface area contributed by atoms with Gasteiger partial charge in [-0.3, -0.25) is 10.1 Å². The highest BCUT2D eigenvalue weighted by atomic mass is 19.4. The van der Waals surface area contributed by atoms with Crippen LogP contribution in [0.2, 0.25) is 0 Å². The molecule has 0 heterocycles. The van der Waals surface area contributed by atoms with Gasteiger partial charge in [0, 0.05) is 0 Å². The number of halogens is 6. The van der Waals surface area contributed by atoms with Gasteiger partial charge in [-0.25, -0.2) is 4.79 Å². The number of anilines is 1. The van der Waals surface area contributed by atoms with Crippen molar-refractivity contribution in [3.63, 3.8) is 0 Å². The fraction of sp³-hybridized carbons (Fsp3) is 0.263. The Hall–Kier alpha value is -3.48. The number of methoxy groups -OCH3 is 1. The average molecular weight is 466 g/mol. The van der Waals surface area contributed by atoms with E-state index in [9.17, 15) is 35.9 Å². The second kappa shape index (κ2) is 9.77. The van der Waals surface area contributed by atoms with Crippen LogP contribution in [0.15, 0.2) is 36.4 Å². The number of carbonyl (C=O) groups excluding carboxylic acids is 2. The fourth-order valence-electron chi connectivity index (χ4n) is 2.41. The molecular weight excluding hydrogens is 450 g/mol. The number of hydrogen-bond acceptors (Lipinski definition) is 5. The molecule has 0 radical (unpaired) electrons. The van der Waals surface area contributed by atoms with Crippen molar-refractivity contribution in [1.29, 1.82) is 0 Å². The maximum Gasteiger partial charge on any atom is 0.416 e. The lowest BCUT2D eigenvalue weighted by molar-refractivity contribution is -0.143. The number of benzene rings is 2. The molecule has 0 saturated heterocycles. The van der Waals surface area contributed by atoms with Crippen molar-refractivity contribution >= 4 is 17.6 Å². The van der Waals surface area contributed by atoms with Crippen LogP contribution in [0, 0.1) is 0 Å². The molecule has 0 aliphatic carbocycles. The molecular formula is C19H16F6N2O5. The summed E-state index contributed by atoms with van der Waals surface area (Å²) < 4.78 is 86.8. The van der Waals surface area contributed by atoms with Crippen LogP contribution in [-0.4, -0.2) is 30.8 Å². The lowest BCUT2D eigenvalue weighted by Gasteiger charge is -2.15. The summed E-state index contributed by atoms with van der Waals surface area (Å²) >= 11 is 0. The molecule has 0 fully saturated rings. The number of aliphatic hydroxyl groups excluding tert-OH is 1. The van der Waals surface area contributed by atoms with Crippen LogP contribution in [0.5, 0.6) is 11.5 Å². The quantitative estimate of drug-likeness (QED) is 0.561. The number of aliphatic hydroxyl groups is 1. The SMILES string of the molecule is COc1cc(CO)ccc1NC(=O)NC(=O)COc1cc(C(F)(F)F)cc(C(F)(F)F)c1. The van der Waals surface area contributed by atoms with Crippen LogP contribution in [0.1, 0.15) is 16.7 Å². The third-order valence-corrected chi connectivity index (χ3v) is 3.88. The Kier molecular flexibility index (Phi) is 7.56. The number of nitrogens with one attached hydrogen (secondary N) is 2. The molecule has 0 atom stereocenters. The van der Waals surface area contributed by atoms with E-state index < -0.39 is 47.8 Å². The number of carbonyl (C=O) groups is 2. The van der Waals surface area contributed by atoms with Gasteiger partial charge in [-0.1, -0.05) is 6.07 Å². The lowest BCUT2D eigenvalue weighted by atomic mass is 10.1. The summed E-state index contributed by atoms with van der Waals surface area (Å²) in [6, 6.07) is 3.73. The monoisotopic (exact) mass is 466 g/mol. The number of alkyl halides is 6. The summed E-state index contributed by atoms with van der Waals surface area (Å²) in [6.45, 7) is -1.32. The minimum atomic E-state index is -5.08. The summed E-state index contributed by atoms with van der Waals surface area (Å²) in [7, 11) is 1.29. The van der Waals surface area contributed by atoms with Crippen LogP contribution in [-0.2, 0) is 23.8 Å². The average Bonchev–Trinajstić information content (AvgIpc) is 2.71. The first kappa shape index (κ1) is 24.8. The van der Waals surface area contributed by atoms with Crippen molar-refractivity contribution < 1.29 is 50.5 Å². The maximum absolute atomic E-state index is 12.8. The van der Waals surface area contributed by atoms with E-state index in [0.29, 0.717) is 17.7 Å². The number of hydrogen-bond donors (Lipinski definition) is 3. The zero-order chi connectivity index (χ0) is 24.1. The van der Waals surface area contributed by atoms with E-state index in [4.69, 9.17) is 14.6 Å². The molecule has 7 nitrogen and oxygen atoms in total. The van der Waals surface area contributed by atoms with Gasteiger partial charge in [0.15, 0.2) is 6.61 Å². The van der Waals surface area contributed by atoms with E-state index in [2.05, 4.69) is 5.32 Å². The van der Waals surface area contributed by atoms with Crippen molar-refractivity contribution in [1.82, 2.24) is 5.32 Å². The third-order valence-electron chi connectivity index (χ3n) is 3.88. The molecule has 0 aliphatic rings. The number of amides is 3. The summed E-state index contributed by atoms with van der Waals surface area (Å²) in [6.07, 6.45) is -10.2. The first-order valence-corrected chi connectivity index (χ1v) is 8.64. The highest BCUT2D eigenvalue weighted by molar-refractivity contribution is 6.02. The zero-order valence-electron chi connectivity index (χ0n) is 16.2. The van der Waals surface area contributed by atoms with Gasteiger partial charge in [-0.05, 0) is 35.9 Å². The lowest BCUT2D eigenvalue weighted by Crippen LogP contribution is -2.37. The zero-order valence-corrected chi connectivity index (χ0v) is 16.2. The highest BCUT2D eigenvalue weighted by Gasteiger charge is 2.37. The molecule has 0 saturated carbocycles. The van der Waals surface area contributed by atoms with Crippen LogP contribution in [0.3, 0.4) is 0 Å². The molecule has 3 N–H and O–H groups in total. The molecule has 0 bridgehead atoms. The Bertz CT molecular complexity index is 959. The van der Waals surface area contributed by atoms with Crippen molar-refractivity contribution in [2.24, 2.45) is 0 Å². The molecule has 0 aliphatic heterocycles. The maximum atomic E-state index is 12.8. The van der Waals surface area contributed by atoms with Gasteiger partial charge in [-0.15, -0.1) is 0 Å². The van der Waals surface area contributed by atoms with E-state index in [0.717, 1.165) is 0 Å². The Morgan fingerprint density at radius 1 is 0.969 bits per heavy atom. The summed E-state index contributed by atoms with van der Waals surface area (Å²) in [5.41, 5.74) is -2.61. The second-order valence-corrected chi connectivity index (χ2v) is 6.23. The fourth-order valence-corrected chi connectivity index (χ4v) is 2.41. The van der Waals surface area contributed by atoms with Gasteiger partial charge in [0.2, 0.25) is 0 Å². The summed E-state index contributed by atoms with van der Waals surface area (Å²) in [5, 5.41) is 13.2. The van der Waals surface area contributed by atoms with E-state index in [1.54, 1.807) is 5.32 Å². The smallest absolute Gasteiger partial charge is 0.416 e. The molecule has 0 spiro atoms. The molecule has 2 aromatic rings. The van der Waals surface area contributed by atoms with Gasteiger partial charge in [-0.2, -0.15) is 26.3 Å². The Balaban J connectivity index is 2.04. The van der Waals surface area contributed by atoms with Gasteiger partial charge >= 0.3 is 18.4 Å². The highest BCUT2D eigenvalue weighted by Crippen LogP contribution is 2.38. The van der Waals surface area contributed by atoms with Crippen LogP contribution in [0.4, 0.5) is 36.8 Å². The van der Waals surface area contributed by atoms with Crippen LogP contribution < -0.4 is 20.1 Å². The first-order valence-electron chi connectivity index (χ1n) is 8.64. The van der Waals surface area contributed by atoms with E-state index in [1.807, 2.05) is 0 Å². The predicted octanol–water partition coefficient (Wildman–Crippen LogP) is 3.95. The second-order valence-electron chi connectivity index (χ2n) is 6.23. The normalized spacial score (nSPS) is 11.6. The molecule has 32 heavy (non-hydrogen) atoms. The van der Waals surface area contributed by atoms with Gasteiger partial charge < -0.3 is 19.9 Å². The van der Waals surface area contributed by atoms with Crippen LogP contribution >= 0.6 is 0 Å². The minimum absolute atomic E-state index is 0.0875. The van der Waals surface area contributed by atoms with Crippen molar-refractivity contribution in [2.75, 3.05) is 19.0 Å². The molecule has 0 unspecified atom stereocenters. The first-order chi connectivity index (χ1) is 14.8. The van der Waals surface area contributed by atoms with Gasteiger partial charge in [0.1, 0.15) is 11.5 Å². The number of imide groups is 1. The van der Waals surface area contributed by atoms with Gasteiger partial charge in [0.05, 0.1) is 30.5 Å². The molecule has 2 rings (SSSR count). The van der Waals surface area contributed by atoms with E-state index >= 15 is 0 Å². The van der Waals surface area contributed by atoms with Crippen LogP contribution in [0.25, 0.3) is 0 Å². The Morgan fingerprint density at radius 2 is 1.56 bits per heavy atom. The predicted molar refractivity (Wildman–Crippen MR) is 98.0 cm³/mol. The van der Waals surface area contributed by atoms with E-state index in [1.165, 1.54) is 25.3 Å². The largest absolute Gasteiger partial charge is 0.495 e. The molecule has 3 amide bonds. The molecule has 13 heteroatoms.